The molecule has 1 fully saturated rings. The van der Waals surface area contributed by atoms with Crippen molar-refractivity contribution in [2.75, 3.05) is 6.61 Å². The molecule has 3 atom stereocenters. The Hall–Kier alpha value is -0.553. The van der Waals surface area contributed by atoms with Gasteiger partial charge in [0, 0.05) is 5.92 Å². The first-order valence-electron chi connectivity index (χ1n) is 9.17. The van der Waals surface area contributed by atoms with Crippen LogP contribution in [0.4, 0.5) is 0 Å². The van der Waals surface area contributed by atoms with E-state index in [1.54, 1.807) is 0 Å². The lowest BCUT2D eigenvalue weighted by molar-refractivity contribution is -0.214. The maximum Gasteiger partial charge on any atom is 0.240 e. The summed E-state index contributed by atoms with van der Waals surface area (Å²) < 4.78 is 10.4. The second kappa shape index (κ2) is 8.85. The van der Waals surface area contributed by atoms with Crippen LogP contribution in [0.3, 0.4) is 0 Å². The van der Waals surface area contributed by atoms with Gasteiger partial charge in [-0.15, -0.1) is 0 Å². The predicted molar refractivity (Wildman–Crippen MR) is 117 cm³/mol. The highest BCUT2D eigenvalue weighted by atomic mass is 35.6. The van der Waals surface area contributed by atoms with Crippen molar-refractivity contribution < 1.29 is 9.47 Å². The average Bonchev–Trinajstić information content (AvgIpc) is 2.62. The van der Waals surface area contributed by atoms with Gasteiger partial charge in [0.1, 0.15) is 0 Å². The second-order valence-corrected chi connectivity index (χ2v) is 15.4. The third kappa shape index (κ3) is 5.96. The zero-order chi connectivity index (χ0) is 19.5. The summed E-state index contributed by atoms with van der Waals surface area (Å²) in [5, 5.41) is 0. The lowest BCUT2D eigenvalue weighted by Crippen LogP contribution is -2.48. The normalized spacial score (nSPS) is 24.0. The quantitative estimate of drug-likeness (QED) is 0.394. The summed E-state index contributed by atoms with van der Waals surface area (Å²) in [7, 11) is -1.60. The molecule has 146 valence electrons. The minimum Gasteiger partial charge on any atom is -0.348 e. The molecule has 0 N–H and O–H groups in total. The maximum absolute atomic E-state index is 6.21. The van der Waals surface area contributed by atoms with Gasteiger partial charge in [0.2, 0.25) is 10.1 Å². The van der Waals surface area contributed by atoms with Gasteiger partial charge < -0.3 is 9.47 Å². The molecule has 2 nitrogen and oxygen atoms in total. The molecule has 27 heavy (non-hydrogen) atoms. The van der Waals surface area contributed by atoms with Crippen molar-refractivity contribution in [2.24, 2.45) is 0 Å². The third-order valence-electron chi connectivity index (χ3n) is 4.95. The highest BCUT2D eigenvalue weighted by molar-refractivity contribution is 6.77. The summed E-state index contributed by atoms with van der Waals surface area (Å²) in [6.45, 7) is 5.28. The van der Waals surface area contributed by atoms with E-state index < -0.39 is 18.2 Å². The van der Waals surface area contributed by atoms with Crippen LogP contribution in [0.15, 0.2) is 60.7 Å². The molecule has 1 heterocycles. The molecule has 0 aliphatic carbocycles. The predicted octanol–water partition coefficient (Wildman–Crippen LogP) is 6.37. The van der Waals surface area contributed by atoms with Crippen LogP contribution >= 0.6 is 34.8 Å². The van der Waals surface area contributed by atoms with Crippen molar-refractivity contribution in [1.82, 2.24) is 0 Å². The van der Waals surface area contributed by atoms with Crippen LogP contribution in [-0.2, 0) is 15.5 Å². The molecule has 1 aliphatic rings. The third-order valence-corrected chi connectivity index (χ3v) is 8.36. The van der Waals surface area contributed by atoms with Crippen molar-refractivity contribution in [3.63, 3.8) is 0 Å². The van der Waals surface area contributed by atoms with E-state index in [1.165, 1.54) is 11.1 Å². The molecule has 1 saturated heterocycles. The van der Waals surface area contributed by atoms with Crippen LogP contribution in [0, 0.1) is 0 Å². The fourth-order valence-electron chi connectivity index (χ4n) is 3.73. The molecular formula is C21H25Cl3O2Si. The van der Waals surface area contributed by atoms with Crippen molar-refractivity contribution in [1.29, 1.82) is 0 Å². The van der Waals surface area contributed by atoms with Crippen LogP contribution in [-0.4, -0.2) is 30.9 Å². The topological polar surface area (TPSA) is 18.5 Å². The Morgan fingerprint density at radius 2 is 1.56 bits per heavy atom. The summed E-state index contributed by atoms with van der Waals surface area (Å²) in [5.74, 6) is 0.136. The number of rotatable bonds is 5. The maximum atomic E-state index is 6.21. The Labute approximate surface area is 177 Å². The molecule has 3 unspecified atom stereocenters. The Balaban J connectivity index is 1.79. The highest BCUT2D eigenvalue weighted by Crippen LogP contribution is 2.41. The molecule has 0 amide bonds. The van der Waals surface area contributed by atoms with Gasteiger partial charge in [-0.25, -0.2) is 0 Å². The second-order valence-electron chi connectivity index (χ2n) is 7.93. The van der Waals surface area contributed by atoms with E-state index in [9.17, 15) is 0 Å². The molecular weight excluding hydrogens is 419 g/mol. The number of hydrogen-bond acceptors (Lipinski definition) is 2. The molecule has 0 saturated carbocycles. The molecule has 0 radical (unpaired) electrons. The summed E-state index contributed by atoms with van der Waals surface area (Å²) in [6, 6.07) is 23.0. The number of benzene rings is 2. The summed E-state index contributed by atoms with van der Waals surface area (Å²) >= 11 is 18.2. The number of hydrogen-bond donors (Lipinski definition) is 0. The lowest BCUT2D eigenvalue weighted by Gasteiger charge is -2.41. The van der Waals surface area contributed by atoms with Gasteiger partial charge >= 0.3 is 0 Å². The number of halogens is 3. The first kappa shape index (κ1) is 21.2. The largest absolute Gasteiger partial charge is 0.348 e. The number of alkyl halides is 3. The van der Waals surface area contributed by atoms with Gasteiger partial charge in [-0.2, -0.15) is 0 Å². The van der Waals surface area contributed by atoms with E-state index in [0.717, 1.165) is 12.1 Å². The van der Waals surface area contributed by atoms with Crippen LogP contribution in [0.5, 0.6) is 0 Å². The van der Waals surface area contributed by atoms with Gasteiger partial charge in [-0.05, 0) is 17.7 Å². The van der Waals surface area contributed by atoms with E-state index >= 15 is 0 Å². The summed E-state index contributed by atoms with van der Waals surface area (Å²) in [5.41, 5.74) is 2.57. The van der Waals surface area contributed by atoms with Crippen LogP contribution in [0.2, 0.25) is 19.1 Å². The van der Waals surface area contributed by atoms with Gasteiger partial charge in [-0.1, -0.05) is 114 Å². The van der Waals surface area contributed by atoms with E-state index in [4.69, 9.17) is 44.3 Å². The van der Waals surface area contributed by atoms with E-state index in [2.05, 4.69) is 55.6 Å². The van der Waals surface area contributed by atoms with Crippen molar-refractivity contribution in [3.05, 3.63) is 71.8 Å². The standard InChI is InChI=1S/C21H25Cl3O2Si/c1-27(2,14-16-9-5-3-6-10-16)15-19-18(17-11-7-4-8-12-17)13-25-20(26-19)21(22,23)24/h3-12,18-20H,13-15H2,1-2H3. The Kier molecular flexibility index (Phi) is 6.94. The molecule has 1 aliphatic heterocycles. The zero-order valence-electron chi connectivity index (χ0n) is 15.6. The monoisotopic (exact) mass is 442 g/mol. The fourth-order valence-corrected chi connectivity index (χ4v) is 7.03. The Bertz CT molecular complexity index is 719. The van der Waals surface area contributed by atoms with Crippen LogP contribution in [0.1, 0.15) is 17.0 Å². The van der Waals surface area contributed by atoms with Crippen molar-refractivity contribution in [2.45, 2.75) is 47.3 Å². The molecule has 0 spiro atoms. The molecule has 0 bridgehead atoms. The van der Waals surface area contributed by atoms with Crippen molar-refractivity contribution >= 4 is 42.9 Å². The minimum absolute atomic E-state index is 0.0350. The number of ether oxygens (including phenoxy) is 2. The SMILES string of the molecule is C[Si](C)(Cc1ccccc1)CC1OC(C(Cl)(Cl)Cl)OCC1c1ccccc1. The summed E-state index contributed by atoms with van der Waals surface area (Å²) in [4.78, 5) is 0. The summed E-state index contributed by atoms with van der Waals surface area (Å²) in [6.07, 6.45) is -0.874. The molecule has 3 rings (SSSR count). The lowest BCUT2D eigenvalue weighted by atomic mass is 9.94. The molecule has 0 aromatic heterocycles. The van der Waals surface area contributed by atoms with Gasteiger partial charge in [0.05, 0.1) is 20.8 Å². The van der Waals surface area contributed by atoms with E-state index in [0.29, 0.717) is 6.61 Å². The average molecular weight is 444 g/mol. The molecule has 6 heteroatoms. The highest BCUT2D eigenvalue weighted by Gasteiger charge is 2.44. The Morgan fingerprint density at radius 3 is 2.15 bits per heavy atom. The van der Waals surface area contributed by atoms with E-state index in [-0.39, 0.29) is 12.0 Å². The van der Waals surface area contributed by atoms with Gasteiger partial charge in [0.15, 0.2) is 0 Å². The minimum atomic E-state index is -1.60. The van der Waals surface area contributed by atoms with Gasteiger partial charge in [-0.3, -0.25) is 0 Å². The van der Waals surface area contributed by atoms with Crippen LogP contribution in [0.25, 0.3) is 0 Å². The first-order chi connectivity index (χ1) is 12.7. The van der Waals surface area contributed by atoms with E-state index in [1.807, 2.05) is 18.2 Å². The van der Waals surface area contributed by atoms with Crippen molar-refractivity contribution in [3.8, 4) is 0 Å². The zero-order valence-corrected chi connectivity index (χ0v) is 18.8. The fraction of sp³-hybridized carbons (Fsp3) is 0.429. The molecule has 2 aromatic carbocycles. The first-order valence-corrected chi connectivity index (χ1v) is 13.7. The van der Waals surface area contributed by atoms with Crippen LogP contribution < -0.4 is 0 Å². The smallest absolute Gasteiger partial charge is 0.240 e. The Morgan fingerprint density at radius 1 is 0.963 bits per heavy atom. The van der Waals surface area contributed by atoms with Gasteiger partial charge in [0.25, 0.3) is 0 Å². The molecule has 2 aromatic rings.